The number of rotatable bonds is 4. The SMILES string of the molecule is Cc1cc(F)cc(/C=C/C(=O)NC(C)c2ccc3c(c2)OCO3)c1. The van der Waals surface area contributed by atoms with Gasteiger partial charge < -0.3 is 14.8 Å². The third kappa shape index (κ3) is 3.74. The highest BCUT2D eigenvalue weighted by Gasteiger charge is 2.16. The average molecular weight is 327 g/mol. The highest BCUT2D eigenvalue weighted by atomic mass is 19.1. The van der Waals surface area contributed by atoms with Gasteiger partial charge in [-0.25, -0.2) is 4.39 Å². The van der Waals surface area contributed by atoms with E-state index in [1.807, 2.05) is 38.1 Å². The zero-order chi connectivity index (χ0) is 17.1. The van der Waals surface area contributed by atoms with Crippen molar-refractivity contribution in [3.8, 4) is 11.5 Å². The summed E-state index contributed by atoms with van der Waals surface area (Å²) < 4.78 is 23.9. The molecule has 0 aliphatic carbocycles. The lowest BCUT2D eigenvalue weighted by Gasteiger charge is -2.13. The molecule has 1 aliphatic heterocycles. The Hall–Kier alpha value is -2.82. The number of aryl methyl sites for hydroxylation is 1. The summed E-state index contributed by atoms with van der Waals surface area (Å²) in [5, 5.41) is 2.87. The second kappa shape index (κ2) is 6.74. The summed E-state index contributed by atoms with van der Waals surface area (Å²) in [4.78, 5) is 12.1. The Bertz CT molecular complexity index is 781. The number of fused-ring (bicyclic) bond motifs is 1. The maximum Gasteiger partial charge on any atom is 0.244 e. The number of hydrogen-bond donors (Lipinski definition) is 1. The van der Waals surface area contributed by atoms with E-state index in [4.69, 9.17) is 9.47 Å². The maximum absolute atomic E-state index is 13.3. The van der Waals surface area contributed by atoms with Crippen LogP contribution in [0.2, 0.25) is 0 Å². The quantitative estimate of drug-likeness (QED) is 0.870. The van der Waals surface area contributed by atoms with E-state index in [1.54, 1.807) is 6.08 Å². The average Bonchev–Trinajstić information content (AvgIpc) is 2.99. The molecule has 24 heavy (non-hydrogen) atoms. The molecule has 124 valence electrons. The van der Waals surface area contributed by atoms with Crippen LogP contribution in [0.5, 0.6) is 11.5 Å². The highest BCUT2D eigenvalue weighted by Crippen LogP contribution is 2.34. The first-order valence-electron chi connectivity index (χ1n) is 7.66. The van der Waals surface area contributed by atoms with Gasteiger partial charge in [0.25, 0.3) is 0 Å². The highest BCUT2D eigenvalue weighted by molar-refractivity contribution is 5.92. The lowest BCUT2D eigenvalue weighted by molar-refractivity contribution is -0.117. The molecule has 0 bridgehead atoms. The van der Waals surface area contributed by atoms with E-state index in [-0.39, 0.29) is 24.6 Å². The molecule has 0 spiro atoms. The third-order valence-corrected chi connectivity index (χ3v) is 3.75. The monoisotopic (exact) mass is 327 g/mol. The predicted octanol–water partition coefficient (Wildman–Crippen LogP) is 3.75. The molecule has 2 aromatic carbocycles. The minimum Gasteiger partial charge on any atom is -0.454 e. The Morgan fingerprint density at radius 1 is 1.21 bits per heavy atom. The number of ether oxygens (including phenoxy) is 2. The summed E-state index contributed by atoms with van der Waals surface area (Å²) in [6.07, 6.45) is 3.00. The Morgan fingerprint density at radius 2 is 2.00 bits per heavy atom. The van der Waals surface area contributed by atoms with Crippen LogP contribution in [0.4, 0.5) is 4.39 Å². The molecule has 1 unspecified atom stereocenters. The Kier molecular flexibility index (Phi) is 4.51. The summed E-state index contributed by atoms with van der Waals surface area (Å²) in [6, 6.07) is 10.0. The van der Waals surface area contributed by atoms with Crippen molar-refractivity contribution in [3.63, 3.8) is 0 Å². The van der Waals surface area contributed by atoms with Crippen molar-refractivity contribution in [1.29, 1.82) is 0 Å². The third-order valence-electron chi connectivity index (χ3n) is 3.75. The van der Waals surface area contributed by atoms with Crippen molar-refractivity contribution < 1.29 is 18.7 Å². The molecule has 5 heteroatoms. The van der Waals surface area contributed by atoms with E-state index in [1.165, 1.54) is 18.2 Å². The van der Waals surface area contributed by atoms with Gasteiger partial charge in [0.05, 0.1) is 6.04 Å². The lowest BCUT2D eigenvalue weighted by atomic mass is 10.1. The molecule has 0 saturated heterocycles. The molecule has 0 radical (unpaired) electrons. The number of amides is 1. The van der Waals surface area contributed by atoms with Crippen LogP contribution < -0.4 is 14.8 Å². The van der Waals surface area contributed by atoms with Crippen LogP contribution in [0.15, 0.2) is 42.5 Å². The maximum atomic E-state index is 13.3. The fourth-order valence-corrected chi connectivity index (χ4v) is 2.56. The van der Waals surface area contributed by atoms with Crippen molar-refractivity contribution in [2.75, 3.05) is 6.79 Å². The molecular weight excluding hydrogens is 309 g/mol. The fraction of sp³-hybridized carbons (Fsp3) is 0.211. The number of carbonyl (C=O) groups is 1. The van der Waals surface area contributed by atoms with Crippen LogP contribution in [0.25, 0.3) is 6.08 Å². The molecule has 2 aromatic rings. The van der Waals surface area contributed by atoms with E-state index in [0.717, 1.165) is 11.1 Å². The van der Waals surface area contributed by atoms with E-state index in [2.05, 4.69) is 5.32 Å². The summed E-state index contributed by atoms with van der Waals surface area (Å²) in [5.41, 5.74) is 2.38. The van der Waals surface area contributed by atoms with Crippen molar-refractivity contribution >= 4 is 12.0 Å². The molecular formula is C19H18FNO3. The van der Waals surface area contributed by atoms with Gasteiger partial charge in [-0.05, 0) is 60.9 Å². The van der Waals surface area contributed by atoms with E-state index in [9.17, 15) is 9.18 Å². The number of halogens is 1. The van der Waals surface area contributed by atoms with Crippen LogP contribution >= 0.6 is 0 Å². The first-order valence-corrected chi connectivity index (χ1v) is 7.66. The molecule has 1 atom stereocenters. The van der Waals surface area contributed by atoms with E-state index < -0.39 is 0 Å². The van der Waals surface area contributed by atoms with Gasteiger partial charge >= 0.3 is 0 Å². The number of nitrogens with one attached hydrogen (secondary N) is 1. The molecule has 4 nitrogen and oxygen atoms in total. The van der Waals surface area contributed by atoms with Gasteiger partial charge in [0, 0.05) is 6.08 Å². The Morgan fingerprint density at radius 3 is 2.79 bits per heavy atom. The van der Waals surface area contributed by atoms with Crippen LogP contribution in [0.1, 0.15) is 29.7 Å². The van der Waals surface area contributed by atoms with Crippen LogP contribution in [0.3, 0.4) is 0 Å². The standard InChI is InChI=1S/C19H18FNO3/c1-12-7-14(9-16(20)8-12)3-6-19(22)21-13(2)15-4-5-17-18(10-15)24-11-23-17/h3-10,13H,11H2,1-2H3,(H,21,22)/b6-3+. The summed E-state index contributed by atoms with van der Waals surface area (Å²) in [7, 11) is 0. The second-order valence-corrected chi connectivity index (χ2v) is 5.74. The summed E-state index contributed by atoms with van der Waals surface area (Å²) in [6.45, 7) is 3.91. The van der Waals surface area contributed by atoms with E-state index in [0.29, 0.717) is 17.1 Å². The first-order chi connectivity index (χ1) is 11.5. The smallest absolute Gasteiger partial charge is 0.244 e. The van der Waals surface area contributed by atoms with Crippen LogP contribution in [-0.2, 0) is 4.79 Å². The Balaban J connectivity index is 1.64. The van der Waals surface area contributed by atoms with Gasteiger partial charge in [0.2, 0.25) is 12.7 Å². The molecule has 1 N–H and O–H groups in total. The van der Waals surface area contributed by atoms with Crippen molar-refractivity contribution in [2.24, 2.45) is 0 Å². The molecule has 1 aliphatic rings. The molecule has 0 aromatic heterocycles. The van der Waals surface area contributed by atoms with Gasteiger partial charge in [0.15, 0.2) is 11.5 Å². The predicted molar refractivity (Wildman–Crippen MR) is 89.3 cm³/mol. The van der Waals surface area contributed by atoms with Gasteiger partial charge in [-0.1, -0.05) is 12.1 Å². The molecule has 3 rings (SSSR count). The van der Waals surface area contributed by atoms with Gasteiger partial charge in [-0.2, -0.15) is 0 Å². The number of hydrogen-bond acceptors (Lipinski definition) is 3. The topological polar surface area (TPSA) is 47.6 Å². The van der Waals surface area contributed by atoms with Crippen molar-refractivity contribution in [2.45, 2.75) is 19.9 Å². The second-order valence-electron chi connectivity index (χ2n) is 5.74. The van der Waals surface area contributed by atoms with Crippen LogP contribution in [0, 0.1) is 12.7 Å². The van der Waals surface area contributed by atoms with E-state index >= 15 is 0 Å². The summed E-state index contributed by atoms with van der Waals surface area (Å²) >= 11 is 0. The number of benzene rings is 2. The number of carbonyl (C=O) groups excluding carboxylic acids is 1. The zero-order valence-electron chi connectivity index (χ0n) is 13.5. The van der Waals surface area contributed by atoms with Gasteiger partial charge in [-0.15, -0.1) is 0 Å². The normalized spacial score (nSPS) is 14.0. The molecule has 0 saturated carbocycles. The Labute approximate surface area is 139 Å². The van der Waals surface area contributed by atoms with Crippen molar-refractivity contribution in [3.05, 3.63) is 65.0 Å². The minimum absolute atomic E-state index is 0.189. The first kappa shape index (κ1) is 16.1. The largest absolute Gasteiger partial charge is 0.454 e. The minimum atomic E-state index is -0.316. The molecule has 1 heterocycles. The molecule has 0 fully saturated rings. The molecule has 1 amide bonds. The van der Waals surface area contributed by atoms with Gasteiger partial charge in [-0.3, -0.25) is 4.79 Å². The summed E-state index contributed by atoms with van der Waals surface area (Å²) in [5.74, 6) is 0.823. The lowest BCUT2D eigenvalue weighted by Crippen LogP contribution is -2.24. The zero-order valence-corrected chi connectivity index (χ0v) is 13.5. The van der Waals surface area contributed by atoms with Crippen molar-refractivity contribution in [1.82, 2.24) is 5.32 Å². The van der Waals surface area contributed by atoms with Crippen LogP contribution in [-0.4, -0.2) is 12.7 Å². The van der Waals surface area contributed by atoms with Gasteiger partial charge in [0.1, 0.15) is 5.82 Å². The fourth-order valence-electron chi connectivity index (χ4n) is 2.56.